The second kappa shape index (κ2) is 11.3. The zero-order valence-corrected chi connectivity index (χ0v) is 20.5. The van der Waals surface area contributed by atoms with Crippen molar-refractivity contribution in [1.29, 1.82) is 0 Å². The van der Waals surface area contributed by atoms with Crippen LogP contribution in [0.2, 0.25) is 0 Å². The first-order valence-electron chi connectivity index (χ1n) is 11.1. The average molecular weight is 423 g/mol. The van der Waals surface area contributed by atoms with Crippen LogP contribution in [0.4, 0.5) is 0 Å². The minimum atomic E-state index is -0.207. The van der Waals surface area contributed by atoms with Gasteiger partial charge in [-0.3, -0.25) is 4.79 Å². The molecule has 0 amide bonds. The molecule has 1 unspecified atom stereocenters. The normalized spacial score (nSPS) is 13.4. The summed E-state index contributed by atoms with van der Waals surface area (Å²) in [5.74, 6) is 0.139. The van der Waals surface area contributed by atoms with Crippen molar-refractivity contribution in [3.8, 4) is 5.75 Å². The Morgan fingerprint density at radius 2 is 1.52 bits per heavy atom. The lowest BCUT2D eigenvalue weighted by Crippen LogP contribution is -2.18. The van der Waals surface area contributed by atoms with Gasteiger partial charge in [0.05, 0.1) is 6.42 Å². The molecule has 0 heterocycles. The third kappa shape index (κ3) is 9.02. The van der Waals surface area contributed by atoms with Gasteiger partial charge in [-0.25, -0.2) is 0 Å². The summed E-state index contributed by atoms with van der Waals surface area (Å²) in [4.78, 5) is 12.3. The maximum atomic E-state index is 12.3. The second-order valence-electron chi connectivity index (χ2n) is 10.3. The summed E-state index contributed by atoms with van der Waals surface area (Å²) < 4.78 is 5.55. The topological polar surface area (TPSA) is 46.5 Å². The predicted octanol–water partition coefficient (Wildman–Crippen LogP) is 7.08. The number of esters is 1. The van der Waals surface area contributed by atoms with Crippen LogP contribution in [0.15, 0.2) is 12.1 Å². The average Bonchev–Trinajstić information content (AvgIpc) is 2.58. The van der Waals surface area contributed by atoms with E-state index in [0.29, 0.717) is 12.2 Å². The van der Waals surface area contributed by atoms with E-state index in [1.807, 2.05) is 12.1 Å². The minimum absolute atomic E-state index is 0.0548. The third-order valence-corrected chi connectivity index (χ3v) is 5.67. The quantitative estimate of drug-likeness (QED) is 0.240. The molecular formula is C25H42O3S. The van der Waals surface area contributed by atoms with Gasteiger partial charge in [-0.15, -0.1) is 0 Å². The van der Waals surface area contributed by atoms with E-state index in [-0.39, 0.29) is 28.7 Å². The maximum absolute atomic E-state index is 12.3. The molecular weight excluding hydrogens is 380 g/mol. The van der Waals surface area contributed by atoms with E-state index in [9.17, 15) is 9.90 Å². The summed E-state index contributed by atoms with van der Waals surface area (Å²) in [7, 11) is 0. The van der Waals surface area contributed by atoms with Crippen LogP contribution < -0.4 is 0 Å². The Kier molecular flexibility index (Phi) is 10.1. The van der Waals surface area contributed by atoms with Crippen LogP contribution in [0, 0.1) is 0 Å². The van der Waals surface area contributed by atoms with Gasteiger partial charge in [0.15, 0.2) is 0 Å². The molecule has 0 radical (unpaired) electrons. The van der Waals surface area contributed by atoms with Crippen LogP contribution in [0.25, 0.3) is 0 Å². The highest BCUT2D eigenvalue weighted by Crippen LogP contribution is 2.39. The van der Waals surface area contributed by atoms with E-state index >= 15 is 0 Å². The number of phenols is 1. The lowest BCUT2D eigenvalue weighted by Gasteiger charge is -2.28. The van der Waals surface area contributed by atoms with Crippen LogP contribution in [0.1, 0.15) is 110 Å². The molecule has 1 atom stereocenters. The number of unbranched alkanes of at least 4 members (excludes halogenated alkanes) is 4. The number of thiol groups is 1. The Morgan fingerprint density at radius 3 is 2.00 bits per heavy atom. The van der Waals surface area contributed by atoms with Gasteiger partial charge in [0.2, 0.25) is 0 Å². The van der Waals surface area contributed by atoms with Crippen LogP contribution in [-0.4, -0.2) is 16.3 Å². The molecule has 4 heteroatoms. The molecule has 1 rings (SSSR count). The number of benzene rings is 1. The number of hydrogen-bond donors (Lipinski definition) is 2. The van der Waals surface area contributed by atoms with Gasteiger partial charge < -0.3 is 9.84 Å². The number of hydrogen-bond acceptors (Lipinski definition) is 4. The van der Waals surface area contributed by atoms with Crippen molar-refractivity contribution in [2.45, 2.75) is 116 Å². The fraction of sp³-hybridized carbons (Fsp3) is 0.720. The van der Waals surface area contributed by atoms with Crippen LogP contribution >= 0.6 is 12.6 Å². The van der Waals surface area contributed by atoms with Gasteiger partial charge in [0.1, 0.15) is 12.4 Å². The van der Waals surface area contributed by atoms with E-state index in [1.165, 1.54) is 25.7 Å². The second-order valence-corrected chi connectivity index (χ2v) is 11.0. The van der Waals surface area contributed by atoms with E-state index in [2.05, 4.69) is 61.1 Å². The molecule has 0 aromatic heterocycles. The molecule has 0 saturated heterocycles. The van der Waals surface area contributed by atoms with Crippen LogP contribution in [0.3, 0.4) is 0 Å². The van der Waals surface area contributed by atoms with Crippen molar-refractivity contribution in [2.75, 3.05) is 0 Å². The summed E-state index contributed by atoms with van der Waals surface area (Å²) in [6, 6.07) is 3.92. The van der Waals surface area contributed by atoms with Gasteiger partial charge in [0, 0.05) is 5.25 Å². The largest absolute Gasteiger partial charge is 0.507 e. The Labute approximate surface area is 184 Å². The molecule has 1 aromatic carbocycles. The number of phenolic OH excluding ortho intramolecular Hbond substituents is 1. The van der Waals surface area contributed by atoms with Crippen molar-refractivity contribution < 1.29 is 14.6 Å². The maximum Gasteiger partial charge on any atom is 0.307 e. The molecule has 0 fully saturated rings. The lowest BCUT2D eigenvalue weighted by atomic mass is 9.78. The number of ether oxygens (including phenoxy) is 1. The fourth-order valence-electron chi connectivity index (χ4n) is 3.42. The zero-order valence-electron chi connectivity index (χ0n) is 19.6. The van der Waals surface area contributed by atoms with Crippen molar-refractivity contribution >= 4 is 18.6 Å². The standard InChI is InChI=1S/C25H42O3S/c1-8-9-10-11-12-13-19(29)16-22(26)28-17-18-14-20(24(2,3)4)23(27)21(15-18)25(5,6)7/h14-15,19,27,29H,8-13,16-17H2,1-7H3. The Hall–Kier alpha value is -1.16. The van der Waals surface area contributed by atoms with Crippen LogP contribution in [0.5, 0.6) is 5.75 Å². The Morgan fingerprint density at radius 1 is 1.00 bits per heavy atom. The van der Waals surface area contributed by atoms with E-state index < -0.39 is 0 Å². The molecule has 3 nitrogen and oxygen atoms in total. The summed E-state index contributed by atoms with van der Waals surface area (Å²) in [5.41, 5.74) is 2.29. The summed E-state index contributed by atoms with van der Waals surface area (Å²) in [5, 5.41) is 10.9. The predicted molar refractivity (Wildman–Crippen MR) is 126 cm³/mol. The Balaban J connectivity index is 2.72. The summed E-state index contributed by atoms with van der Waals surface area (Å²) in [6.07, 6.45) is 7.38. The van der Waals surface area contributed by atoms with Gasteiger partial charge >= 0.3 is 5.97 Å². The highest BCUT2D eigenvalue weighted by Gasteiger charge is 2.26. The smallest absolute Gasteiger partial charge is 0.307 e. The van der Waals surface area contributed by atoms with Gasteiger partial charge in [-0.2, -0.15) is 12.6 Å². The summed E-state index contributed by atoms with van der Waals surface area (Å²) in [6.45, 7) is 14.9. The SMILES string of the molecule is CCCCCCCC(S)CC(=O)OCc1cc(C(C)(C)C)c(O)c(C(C)(C)C)c1. The highest BCUT2D eigenvalue weighted by molar-refractivity contribution is 7.81. The lowest BCUT2D eigenvalue weighted by molar-refractivity contribution is -0.144. The minimum Gasteiger partial charge on any atom is -0.507 e. The molecule has 0 bridgehead atoms. The van der Waals surface area contributed by atoms with E-state index in [0.717, 1.165) is 29.5 Å². The number of aromatic hydroxyl groups is 1. The highest BCUT2D eigenvalue weighted by atomic mass is 32.1. The third-order valence-electron chi connectivity index (χ3n) is 5.23. The fourth-order valence-corrected chi connectivity index (χ4v) is 3.75. The molecule has 0 spiro atoms. The first-order valence-corrected chi connectivity index (χ1v) is 11.6. The van der Waals surface area contributed by atoms with Crippen molar-refractivity contribution in [3.63, 3.8) is 0 Å². The molecule has 1 N–H and O–H groups in total. The monoisotopic (exact) mass is 422 g/mol. The zero-order chi connectivity index (χ0) is 22.2. The molecule has 166 valence electrons. The van der Waals surface area contributed by atoms with Gasteiger partial charge in [0.25, 0.3) is 0 Å². The van der Waals surface area contributed by atoms with Gasteiger partial charge in [-0.05, 0) is 46.1 Å². The van der Waals surface area contributed by atoms with Crippen molar-refractivity contribution in [3.05, 3.63) is 28.8 Å². The number of carbonyl (C=O) groups is 1. The molecule has 0 aliphatic carbocycles. The summed E-state index contributed by atoms with van der Waals surface area (Å²) >= 11 is 4.56. The van der Waals surface area contributed by atoms with E-state index in [1.54, 1.807) is 0 Å². The number of carbonyl (C=O) groups excluding carboxylic acids is 1. The van der Waals surface area contributed by atoms with Crippen molar-refractivity contribution in [2.24, 2.45) is 0 Å². The van der Waals surface area contributed by atoms with E-state index in [4.69, 9.17) is 4.74 Å². The Bertz CT molecular complexity index is 618. The molecule has 0 aliphatic rings. The number of rotatable bonds is 10. The van der Waals surface area contributed by atoms with Crippen LogP contribution in [-0.2, 0) is 27.0 Å². The molecule has 29 heavy (non-hydrogen) atoms. The first-order chi connectivity index (χ1) is 13.4. The molecule has 0 aliphatic heterocycles. The molecule has 1 aromatic rings. The van der Waals surface area contributed by atoms with Crippen molar-refractivity contribution in [1.82, 2.24) is 0 Å². The first kappa shape index (κ1) is 25.9. The van der Waals surface area contributed by atoms with Gasteiger partial charge in [-0.1, -0.05) is 80.6 Å². The molecule has 0 saturated carbocycles.